The fourth-order valence-electron chi connectivity index (χ4n) is 2.64. The molecule has 2 aromatic heterocycles. The summed E-state index contributed by atoms with van der Waals surface area (Å²) in [6.45, 7) is 2.18. The maximum Gasteiger partial charge on any atom is 0.221 e. The lowest BCUT2D eigenvalue weighted by atomic mass is 9.98. The number of anilines is 1. The largest absolute Gasteiger partial charge is 0.368 e. The average molecular weight is 304 g/mol. The highest BCUT2D eigenvalue weighted by Crippen LogP contribution is 2.30. The van der Waals surface area contributed by atoms with Gasteiger partial charge >= 0.3 is 0 Å². The van der Waals surface area contributed by atoms with Crippen LogP contribution in [0.1, 0.15) is 25.3 Å². The highest BCUT2D eigenvalue weighted by Gasteiger charge is 2.16. The van der Waals surface area contributed by atoms with Crippen molar-refractivity contribution in [2.45, 2.75) is 26.2 Å². The first-order valence-electron chi connectivity index (χ1n) is 7.92. The van der Waals surface area contributed by atoms with E-state index in [9.17, 15) is 0 Å². The van der Waals surface area contributed by atoms with Crippen molar-refractivity contribution < 1.29 is 0 Å². The van der Waals surface area contributed by atoms with Gasteiger partial charge in [-0.15, -0.1) is 0 Å². The molecule has 0 unspecified atom stereocenters. The maximum atomic E-state index is 5.98. The molecule has 2 N–H and O–H groups in total. The lowest BCUT2D eigenvalue weighted by molar-refractivity contribution is 0.791. The van der Waals surface area contributed by atoms with Gasteiger partial charge in [0.2, 0.25) is 5.95 Å². The second-order valence-corrected chi connectivity index (χ2v) is 5.44. The Balaban J connectivity index is 2.21. The van der Waals surface area contributed by atoms with Crippen molar-refractivity contribution in [1.82, 2.24) is 15.0 Å². The molecular formula is C19H20N4. The lowest BCUT2D eigenvalue weighted by Gasteiger charge is -2.14. The summed E-state index contributed by atoms with van der Waals surface area (Å²) in [5.41, 5.74) is 10.7. The minimum atomic E-state index is 0.282. The Bertz CT molecular complexity index is 709. The fraction of sp³-hybridized carbons (Fsp3) is 0.211. The van der Waals surface area contributed by atoms with E-state index in [4.69, 9.17) is 5.73 Å². The van der Waals surface area contributed by atoms with Gasteiger partial charge in [-0.05, 0) is 25.0 Å². The highest BCUT2D eigenvalue weighted by atomic mass is 15.0. The number of nitrogen functional groups attached to an aromatic ring is 1. The zero-order chi connectivity index (χ0) is 16.1. The molecule has 23 heavy (non-hydrogen) atoms. The van der Waals surface area contributed by atoms with E-state index >= 15 is 0 Å². The standard InChI is InChI=1S/C19H20N4/c1-2-3-11-15-17(14-9-5-4-6-10-14)22-19(20)23-18(15)16-12-7-8-13-21-16/h4-10,12-13H,2-3,11H2,1H3,(H2,20,22,23). The second-order valence-electron chi connectivity index (χ2n) is 5.44. The minimum Gasteiger partial charge on any atom is -0.368 e. The van der Waals surface area contributed by atoms with Crippen LogP contribution < -0.4 is 5.73 Å². The van der Waals surface area contributed by atoms with Crippen LogP contribution in [0.25, 0.3) is 22.6 Å². The van der Waals surface area contributed by atoms with Crippen LogP contribution in [-0.2, 0) is 6.42 Å². The van der Waals surface area contributed by atoms with Crippen LogP contribution in [-0.4, -0.2) is 15.0 Å². The summed E-state index contributed by atoms with van der Waals surface area (Å²) in [6, 6.07) is 16.0. The number of nitrogens with two attached hydrogens (primary N) is 1. The smallest absolute Gasteiger partial charge is 0.221 e. The van der Waals surface area contributed by atoms with Gasteiger partial charge in [0.15, 0.2) is 0 Å². The van der Waals surface area contributed by atoms with Gasteiger partial charge in [0.25, 0.3) is 0 Å². The Hall–Kier alpha value is -2.75. The van der Waals surface area contributed by atoms with Gasteiger partial charge in [-0.1, -0.05) is 49.7 Å². The molecule has 0 aliphatic heterocycles. The lowest BCUT2D eigenvalue weighted by Crippen LogP contribution is -2.06. The predicted octanol–water partition coefficient (Wildman–Crippen LogP) is 4.13. The second kappa shape index (κ2) is 7.01. The normalized spacial score (nSPS) is 10.7. The quantitative estimate of drug-likeness (QED) is 0.769. The first kappa shape index (κ1) is 15.2. The van der Waals surface area contributed by atoms with Gasteiger partial charge in [-0.25, -0.2) is 9.97 Å². The van der Waals surface area contributed by atoms with E-state index in [2.05, 4.69) is 34.0 Å². The third-order valence-electron chi connectivity index (χ3n) is 3.76. The molecule has 3 aromatic rings. The molecule has 0 saturated heterocycles. The molecule has 0 spiro atoms. The van der Waals surface area contributed by atoms with E-state index < -0.39 is 0 Å². The van der Waals surface area contributed by atoms with Gasteiger partial charge in [-0.2, -0.15) is 0 Å². The van der Waals surface area contributed by atoms with E-state index in [1.54, 1.807) is 6.20 Å². The topological polar surface area (TPSA) is 64.7 Å². The summed E-state index contributed by atoms with van der Waals surface area (Å²) < 4.78 is 0. The van der Waals surface area contributed by atoms with Crippen LogP contribution in [0.4, 0.5) is 5.95 Å². The molecule has 0 aliphatic carbocycles. The van der Waals surface area contributed by atoms with E-state index in [1.807, 2.05) is 36.4 Å². The summed E-state index contributed by atoms with van der Waals surface area (Å²) in [5.74, 6) is 0.282. The molecule has 0 atom stereocenters. The van der Waals surface area contributed by atoms with Crippen LogP contribution in [0.5, 0.6) is 0 Å². The van der Waals surface area contributed by atoms with Crippen LogP contribution in [0.15, 0.2) is 54.7 Å². The van der Waals surface area contributed by atoms with Crippen molar-refractivity contribution in [3.8, 4) is 22.6 Å². The molecule has 0 amide bonds. The summed E-state index contributed by atoms with van der Waals surface area (Å²) >= 11 is 0. The minimum absolute atomic E-state index is 0.282. The van der Waals surface area contributed by atoms with Gasteiger partial charge in [-0.3, -0.25) is 4.98 Å². The number of rotatable bonds is 5. The van der Waals surface area contributed by atoms with Gasteiger partial charge < -0.3 is 5.73 Å². The Morgan fingerprint density at radius 2 is 1.65 bits per heavy atom. The van der Waals surface area contributed by atoms with Crippen LogP contribution in [0, 0.1) is 0 Å². The molecule has 4 heteroatoms. The molecule has 0 fully saturated rings. The van der Waals surface area contributed by atoms with Crippen molar-refractivity contribution in [1.29, 1.82) is 0 Å². The van der Waals surface area contributed by atoms with E-state index in [-0.39, 0.29) is 5.95 Å². The van der Waals surface area contributed by atoms with Crippen LogP contribution in [0.3, 0.4) is 0 Å². The van der Waals surface area contributed by atoms with E-state index in [0.717, 1.165) is 47.5 Å². The summed E-state index contributed by atoms with van der Waals surface area (Å²) in [5, 5.41) is 0. The number of benzene rings is 1. The first-order chi connectivity index (χ1) is 11.3. The molecule has 4 nitrogen and oxygen atoms in total. The van der Waals surface area contributed by atoms with Crippen molar-refractivity contribution >= 4 is 5.95 Å². The summed E-state index contributed by atoms with van der Waals surface area (Å²) in [7, 11) is 0. The van der Waals surface area contributed by atoms with Crippen molar-refractivity contribution in [3.05, 3.63) is 60.3 Å². The van der Waals surface area contributed by atoms with Gasteiger partial charge in [0, 0.05) is 17.3 Å². The van der Waals surface area contributed by atoms with Crippen LogP contribution >= 0.6 is 0 Å². The predicted molar refractivity (Wildman–Crippen MR) is 93.7 cm³/mol. The first-order valence-corrected chi connectivity index (χ1v) is 7.92. The van der Waals surface area contributed by atoms with Crippen molar-refractivity contribution in [3.63, 3.8) is 0 Å². The molecule has 116 valence electrons. The Labute approximate surface area is 136 Å². The van der Waals surface area contributed by atoms with Gasteiger partial charge in [0.05, 0.1) is 17.1 Å². The molecule has 1 aromatic carbocycles. The number of nitrogens with zero attached hydrogens (tertiary/aromatic N) is 3. The number of pyridine rings is 1. The third kappa shape index (κ3) is 3.37. The number of hydrogen-bond donors (Lipinski definition) is 1. The fourth-order valence-corrected chi connectivity index (χ4v) is 2.64. The zero-order valence-electron chi connectivity index (χ0n) is 13.2. The third-order valence-corrected chi connectivity index (χ3v) is 3.76. The van der Waals surface area contributed by atoms with Crippen molar-refractivity contribution in [2.75, 3.05) is 5.73 Å². The molecule has 2 heterocycles. The maximum absolute atomic E-state index is 5.98. The Kier molecular flexibility index (Phi) is 4.62. The summed E-state index contributed by atoms with van der Waals surface area (Å²) in [6.07, 6.45) is 4.87. The molecule has 0 saturated carbocycles. The Morgan fingerprint density at radius 1 is 0.913 bits per heavy atom. The SMILES string of the molecule is CCCCc1c(-c2ccccc2)nc(N)nc1-c1ccccn1. The number of aromatic nitrogens is 3. The van der Waals surface area contributed by atoms with Crippen molar-refractivity contribution in [2.24, 2.45) is 0 Å². The van der Waals surface area contributed by atoms with E-state index in [1.165, 1.54) is 0 Å². The summed E-state index contributed by atoms with van der Waals surface area (Å²) in [4.78, 5) is 13.5. The average Bonchev–Trinajstić information content (AvgIpc) is 2.61. The number of hydrogen-bond acceptors (Lipinski definition) is 4. The molecular weight excluding hydrogens is 284 g/mol. The Morgan fingerprint density at radius 3 is 2.35 bits per heavy atom. The zero-order valence-corrected chi connectivity index (χ0v) is 13.2. The molecule has 0 radical (unpaired) electrons. The van der Waals surface area contributed by atoms with E-state index in [0.29, 0.717) is 0 Å². The van der Waals surface area contributed by atoms with Gasteiger partial charge in [0.1, 0.15) is 0 Å². The molecule has 0 bridgehead atoms. The number of unbranched alkanes of at least 4 members (excludes halogenated alkanes) is 1. The van der Waals surface area contributed by atoms with Crippen LogP contribution in [0.2, 0.25) is 0 Å². The monoisotopic (exact) mass is 304 g/mol. The molecule has 0 aliphatic rings. The molecule has 3 rings (SSSR count). The highest BCUT2D eigenvalue weighted by molar-refractivity contribution is 5.73.